The quantitative estimate of drug-likeness (QED) is 0.886. The van der Waals surface area contributed by atoms with Crippen molar-refractivity contribution < 1.29 is 4.79 Å². The summed E-state index contributed by atoms with van der Waals surface area (Å²) in [6, 6.07) is 12.7. The number of rotatable bonds is 3. The third-order valence-corrected chi connectivity index (χ3v) is 3.75. The zero-order valence-electron chi connectivity index (χ0n) is 11.2. The van der Waals surface area contributed by atoms with Gasteiger partial charge >= 0.3 is 0 Å². The van der Waals surface area contributed by atoms with E-state index in [1.165, 1.54) is 0 Å². The van der Waals surface area contributed by atoms with Crippen LogP contribution in [0.3, 0.4) is 0 Å². The average molecular weight is 354 g/mol. The van der Waals surface area contributed by atoms with Crippen molar-refractivity contribution in [1.82, 2.24) is 0 Å². The van der Waals surface area contributed by atoms with E-state index < -0.39 is 0 Å². The molecule has 5 heteroatoms. The largest absolute Gasteiger partial charge is 0.378 e. The summed E-state index contributed by atoms with van der Waals surface area (Å²) in [6.45, 7) is 0. The predicted molar refractivity (Wildman–Crippen MR) is 87.9 cm³/mol. The minimum Gasteiger partial charge on any atom is -0.378 e. The van der Waals surface area contributed by atoms with Crippen LogP contribution in [0.4, 0.5) is 11.4 Å². The summed E-state index contributed by atoms with van der Waals surface area (Å²) in [5.74, 6) is -0.168. The van der Waals surface area contributed by atoms with Gasteiger partial charge in [-0.15, -0.1) is 0 Å². The number of amides is 1. The van der Waals surface area contributed by atoms with Crippen LogP contribution in [-0.2, 0) is 0 Å². The molecule has 0 aliphatic heterocycles. The van der Waals surface area contributed by atoms with Crippen LogP contribution < -0.4 is 10.2 Å². The molecule has 0 spiro atoms. The molecule has 0 saturated carbocycles. The maximum absolute atomic E-state index is 12.2. The maximum atomic E-state index is 12.2. The standard InChI is InChI=1S/C15H14BrClN2O/c1-19(2)12-6-3-10(4-7-12)15(20)18-14-9-11(17)5-8-13(14)16/h3-9H,1-2H3,(H,18,20). The number of halogens is 2. The SMILES string of the molecule is CN(C)c1ccc(C(=O)Nc2cc(Cl)ccc2Br)cc1. The number of nitrogens with zero attached hydrogens (tertiary/aromatic N) is 1. The van der Waals surface area contributed by atoms with Gasteiger partial charge in [0, 0.05) is 34.8 Å². The van der Waals surface area contributed by atoms with E-state index in [-0.39, 0.29) is 5.91 Å². The van der Waals surface area contributed by atoms with Gasteiger partial charge in [-0.3, -0.25) is 4.79 Å². The summed E-state index contributed by atoms with van der Waals surface area (Å²) >= 11 is 9.31. The molecule has 2 rings (SSSR count). The number of anilines is 2. The summed E-state index contributed by atoms with van der Waals surface area (Å²) < 4.78 is 0.792. The molecule has 0 bridgehead atoms. The van der Waals surface area contributed by atoms with E-state index in [0.717, 1.165) is 10.2 Å². The van der Waals surface area contributed by atoms with E-state index >= 15 is 0 Å². The number of hydrogen-bond acceptors (Lipinski definition) is 2. The van der Waals surface area contributed by atoms with E-state index in [1.807, 2.05) is 31.1 Å². The van der Waals surface area contributed by atoms with Crippen LogP contribution >= 0.6 is 27.5 Å². The highest BCUT2D eigenvalue weighted by Crippen LogP contribution is 2.26. The minimum atomic E-state index is -0.168. The number of carbonyl (C=O) groups excluding carboxylic acids is 1. The van der Waals surface area contributed by atoms with Gasteiger partial charge in [0.05, 0.1) is 5.69 Å². The molecule has 2 aromatic rings. The second-order valence-corrected chi connectivity index (χ2v) is 5.81. The number of nitrogens with one attached hydrogen (secondary N) is 1. The minimum absolute atomic E-state index is 0.168. The van der Waals surface area contributed by atoms with Gasteiger partial charge in [0.15, 0.2) is 0 Å². The summed E-state index contributed by atoms with van der Waals surface area (Å²) in [7, 11) is 3.91. The Kier molecular flexibility index (Phi) is 4.68. The number of benzene rings is 2. The van der Waals surface area contributed by atoms with Crippen LogP contribution in [0.5, 0.6) is 0 Å². The van der Waals surface area contributed by atoms with E-state index in [9.17, 15) is 4.79 Å². The molecule has 0 atom stereocenters. The van der Waals surface area contributed by atoms with Gasteiger partial charge in [-0.2, -0.15) is 0 Å². The van der Waals surface area contributed by atoms with Gasteiger partial charge in [0.25, 0.3) is 5.91 Å². The second kappa shape index (κ2) is 6.29. The summed E-state index contributed by atoms with van der Waals surface area (Å²) in [6.07, 6.45) is 0. The first-order valence-electron chi connectivity index (χ1n) is 6.01. The Morgan fingerprint density at radius 3 is 2.40 bits per heavy atom. The van der Waals surface area contributed by atoms with Crippen molar-refractivity contribution >= 4 is 44.8 Å². The maximum Gasteiger partial charge on any atom is 0.255 e. The molecule has 1 amide bonds. The topological polar surface area (TPSA) is 32.3 Å². The molecule has 0 aliphatic rings. The van der Waals surface area contributed by atoms with Crippen molar-refractivity contribution in [2.24, 2.45) is 0 Å². The first kappa shape index (κ1) is 14.9. The lowest BCUT2D eigenvalue weighted by Crippen LogP contribution is -2.13. The van der Waals surface area contributed by atoms with Crippen LogP contribution in [0.1, 0.15) is 10.4 Å². The first-order chi connectivity index (χ1) is 9.47. The Morgan fingerprint density at radius 2 is 1.80 bits per heavy atom. The lowest BCUT2D eigenvalue weighted by molar-refractivity contribution is 0.102. The molecule has 0 unspecified atom stereocenters. The smallest absolute Gasteiger partial charge is 0.255 e. The molecule has 0 aromatic heterocycles. The molecule has 2 aromatic carbocycles. The lowest BCUT2D eigenvalue weighted by Gasteiger charge is -2.13. The highest BCUT2D eigenvalue weighted by Gasteiger charge is 2.09. The Morgan fingerprint density at radius 1 is 1.15 bits per heavy atom. The van der Waals surface area contributed by atoms with Crippen LogP contribution in [0, 0.1) is 0 Å². The average Bonchev–Trinajstić information content (AvgIpc) is 2.43. The molecule has 20 heavy (non-hydrogen) atoms. The number of carbonyl (C=O) groups is 1. The van der Waals surface area contributed by atoms with Gasteiger partial charge < -0.3 is 10.2 Å². The van der Waals surface area contributed by atoms with E-state index in [2.05, 4.69) is 21.2 Å². The Labute approximate surface area is 131 Å². The van der Waals surface area contributed by atoms with Crippen molar-refractivity contribution in [2.45, 2.75) is 0 Å². The van der Waals surface area contributed by atoms with Crippen LogP contribution in [0.2, 0.25) is 5.02 Å². The Hall–Kier alpha value is -1.52. The third-order valence-electron chi connectivity index (χ3n) is 2.82. The second-order valence-electron chi connectivity index (χ2n) is 4.52. The fourth-order valence-corrected chi connectivity index (χ4v) is 2.22. The van der Waals surface area contributed by atoms with Crippen LogP contribution in [0.15, 0.2) is 46.9 Å². The highest BCUT2D eigenvalue weighted by atomic mass is 79.9. The molecule has 3 nitrogen and oxygen atoms in total. The van der Waals surface area contributed by atoms with E-state index in [1.54, 1.807) is 30.3 Å². The van der Waals surface area contributed by atoms with Gasteiger partial charge in [0.1, 0.15) is 0 Å². The normalized spacial score (nSPS) is 10.2. The lowest BCUT2D eigenvalue weighted by atomic mass is 10.2. The Balaban J connectivity index is 2.17. The molecular formula is C15H14BrClN2O. The van der Waals surface area contributed by atoms with E-state index in [4.69, 9.17) is 11.6 Å². The molecule has 104 valence electrons. The molecule has 0 heterocycles. The van der Waals surface area contributed by atoms with Crippen LogP contribution in [0.25, 0.3) is 0 Å². The summed E-state index contributed by atoms with van der Waals surface area (Å²) in [4.78, 5) is 14.2. The molecular weight excluding hydrogens is 340 g/mol. The third kappa shape index (κ3) is 3.52. The molecule has 1 N–H and O–H groups in total. The van der Waals surface area contributed by atoms with Gasteiger partial charge in [-0.05, 0) is 58.4 Å². The molecule has 0 fully saturated rings. The van der Waals surface area contributed by atoms with Gasteiger partial charge in [0.2, 0.25) is 0 Å². The fraction of sp³-hybridized carbons (Fsp3) is 0.133. The van der Waals surface area contributed by atoms with Gasteiger partial charge in [-0.1, -0.05) is 11.6 Å². The zero-order valence-corrected chi connectivity index (χ0v) is 13.5. The summed E-state index contributed by atoms with van der Waals surface area (Å²) in [5.41, 5.74) is 2.30. The monoisotopic (exact) mass is 352 g/mol. The first-order valence-corrected chi connectivity index (χ1v) is 7.18. The molecule has 0 aliphatic carbocycles. The zero-order chi connectivity index (χ0) is 14.7. The van der Waals surface area contributed by atoms with E-state index in [0.29, 0.717) is 16.3 Å². The highest BCUT2D eigenvalue weighted by molar-refractivity contribution is 9.10. The Bertz CT molecular complexity index is 626. The predicted octanol–water partition coefficient (Wildman–Crippen LogP) is 4.42. The van der Waals surface area contributed by atoms with Crippen molar-refractivity contribution in [3.63, 3.8) is 0 Å². The van der Waals surface area contributed by atoms with Crippen molar-refractivity contribution in [2.75, 3.05) is 24.3 Å². The summed E-state index contributed by atoms with van der Waals surface area (Å²) in [5, 5.41) is 3.41. The molecule has 0 radical (unpaired) electrons. The fourth-order valence-electron chi connectivity index (χ4n) is 1.70. The van der Waals surface area contributed by atoms with Gasteiger partial charge in [-0.25, -0.2) is 0 Å². The van der Waals surface area contributed by atoms with Crippen LogP contribution in [-0.4, -0.2) is 20.0 Å². The van der Waals surface area contributed by atoms with Crippen molar-refractivity contribution in [1.29, 1.82) is 0 Å². The van der Waals surface area contributed by atoms with Crippen molar-refractivity contribution in [3.05, 3.63) is 57.5 Å². The molecule has 0 saturated heterocycles. The van der Waals surface area contributed by atoms with Crippen molar-refractivity contribution in [3.8, 4) is 0 Å². The number of hydrogen-bond donors (Lipinski definition) is 1.